The molecule has 0 spiro atoms. The summed E-state index contributed by atoms with van der Waals surface area (Å²) in [6.07, 6.45) is 2.18. The fraction of sp³-hybridized carbons (Fsp3) is 0.226. The number of rotatable bonds is 4. The number of aromatic nitrogens is 1. The Kier molecular flexibility index (Phi) is 8.84. The van der Waals surface area contributed by atoms with Crippen molar-refractivity contribution in [1.29, 1.82) is 0 Å². The van der Waals surface area contributed by atoms with Crippen LogP contribution in [0.1, 0.15) is 38.8 Å². The largest absolute Gasteiger partial charge is 0.512 e. The Morgan fingerprint density at radius 1 is 1.03 bits per heavy atom. The van der Waals surface area contributed by atoms with Crippen molar-refractivity contribution in [2.75, 3.05) is 0 Å². The number of aliphatic hydroxyl groups excluding tert-OH is 1. The molecular formula is C31H30IrNO3-. The molecule has 0 unspecified atom stereocenters. The molecule has 0 fully saturated rings. The third kappa shape index (κ3) is 6.29. The molecule has 0 aliphatic rings. The Labute approximate surface area is 225 Å². The molecule has 0 saturated heterocycles. The number of aliphatic hydroxyl groups is 1. The van der Waals surface area contributed by atoms with Crippen molar-refractivity contribution in [2.24, 2.45) is 5.92 Å². The van der Waals surface area contributed by atoms with Gasteiger partial charge in [0, 0.05) is 48.4 Å². The van der Waals surface area contributed by atoms with Crippen LogP contribution in [0.2, 0.25) is 0 Å². The first-order chi connectivity index (χ1) is 16.7. The summed E-state index contributed by atoms with van der Waals surface area (Å²) in [6, 6.07) is 24.3. The summed E-state index contributed by atoms with van der Waals surface area (Å²) in [5.41, 5.74) is 7.35. The Bertz CT molecular complexity index is 1560. The molecule has 5 heteroatoms. The number of pyridine rings is 1. The Hall–Kier alpha value is -3.27. The van der Waals surface area contributed by atoms with Gasteiger partial charge in [-0.05, 0) is 49.6 Å². The molecule has 5 aromatic rings. The van der Waals surface area contributed by atoms with Crippen molar-refractivity contribution < 1.29 is 34.4 Å². The number of aryl methyl sites for hydroxylation is 1. The van der Waals surface area contributed by atoms with Gasteiger partial charge in [-0.3, -0.25) is 9.78 Å². The van der Waals surface area contributed by atoms with E-state index in [2.05, 4.69) is 69.3 Å². The molecule has 36 heavy (non-hydrogen) atoms. The van der Waals surface area contributed by atoms with Crippen molar-refractivity contribution in [3.63, 3.8) is 0 Å². The molecule has 0 aliphatic heterocycles. The van der Waals surface area contributed by atoms with E-state index in [1.54, 1.807) is 0 Å². The quantitative estimate of drug-likeness (QED) is 0.121. The number of nitrogens with zero attached hydrogens (tertiary/aromatic N) is 1. The number of ketones is 1. The van der Waals surface area contributed by atoms with Gasteiger partial charge in [0.1, 0.15) is 11.2 Å². The molecule has 0 bridgehead atoms. The van der Waals surface area contributed by atoms with E-state index in [0.717, 1.165) is 45.1 Å². The van der Waals surface area contributed by atoms with Gasteiger partial charge in [0.05, 0.1) is 11.3 Å². The monoisotopic (exact) mass is 657 g/mol. The van der Waals surface area contributed by atoms with Crippen molar-refractivity contribution >= 4 is 38.6 Å². The molecule has 1 N–H and O–H groups in total. The molecular weight excluding hydrogens is 627 g/mol. The first-order valence-electron chi connectivity index (χ1n) is 11.8. The van der Waals surface area contributed by atoms with Gasteiger partial charge in [0.2, 0.25) is 0 Å². The van der Waals surface area contributed by atoms with E-state index in [-0.39, 0.29) is 31.6 Å². The standard InChI is InChI=1S/C26H22NO.C5H8O2.Ir/c1-16(2)11-19-13-23(18-8-6-7-17(3)12-18)27-24-15-26-22(14-21(19)24)20-9-4-5-10-25(20)28-26;1-4(6)3-5(2)7;/h4-7,9-10,12-16H,11H2,1-3H3;3,6H,1-2H3;/q-1;;/b;4-3-;. The van der Waals surface area contributed by atoms with Gasteiger partial charge in [0.15, 0.2) is 5.78 Å². The summed E-state index contributed by atoms with van der Waals surface area (Å²) in [4.78, 5) is 15.0. The third-order valence-corrected chi connectivity index (χ3v) is 5.67. The van der Waals surface area contributed by atoms with E-state index in [1.165, 1.54) is 36.4 Å². The van der Waals surface area contributed by atoms with E-state index < -0.39 is 0 Å². The number of carbonyl (C=O) groups excluding carboxylic acids is 1. The van der Waals surface area contributed by atoms with Crippen molar-refractivity contribution in [3.05, 3.63) is 89.7 Å². The summed E-state index contributed by atoms with van der Waals surface area (Å²) < 4.78 is 6.10. The summed E-state index contributed by atoms with van der Waals surface area (Å²) in [7, 11) is 0. The Morgan fingerprint density at radius 2 is 1.78 bits per heavy atom. The van der Waals surface area contributed by atoms with Crippen LogP contribution in [0, 0.1) is 18.9 Å². The van der Waals surface area contributed by atoms with Gasteiger partial charge >= 0.3 is 0 Å². The molecule has 0 atom stereocenters. The van der Waals surface area contributed by atoms with E-state index in [9.17, 15) is 4.79 Å². The number of benzene rings is 3. The van der Waals surface area contributed by atoms with Crippen LogP contribution in [0.3, 0.4) is 0 Å². The summed E-state index contributed by atoms with van der Waals surface area (Å²) in [6.45, 7) is 9.47. The molecule has 0 amide bonds. The van der Waals surface area contributed by atoms with E-state index in [0.29, 0.717) is 5.92 Å². The van der Waals surface area contributed by atoms with Gasteiger partial charge in [-0.1, -0.05) is 45.0 Å². The predicted octanol–water partition coefficient (Wildman–Crippen LogP) is 8.14. The van der Waals surface area contributed by atoms with E-state index >= 15 is 0 Å². The average molecular weight is 657 g/mol. The Balaban J connectivity index is 0.000000400. The molecule has 4 nitrogen and oxygen atoms in total. The van der Waals surface area contributed by atoms with Crippen LogP contribution in [0.4, 0.5) is 0 Å². The zero-order valence-electron chi connectivity index (χ0n) is 21.2. The topological polar surface area (TPSA) is 63.3 Å². The maximum Gasteiger partial charge on any atom is 0.155 e. The number of carbonyl (C=O) groups is 1. The van der Waals surface area contributed by atoms with Crippen molar-refractivity contribution in [3.8, 4) is 11.3 Å². The van der Waals surface area contributed by atoms with E-state index in [4.69, 9.17) is 14.5 Å². The van der Waals surface area contributed by atoms with Gasteiger partial charge in [-0.2, -0.15) is 0 Å². The first kappa shape index (κ1) is 27.3. The van der Waals surface area contributed by atoms with E-state index in [1.807, 2.05) is 18.2 Å². The van der Waals surface area contributed by atoms with Crippen LogP contribution < -0.4 is 0 Å². The number of hydrogen-bond donors (Lipinski definition) is 1. The molecule has 2 aromatic heterocycles. The number of furan rings is 1. The maximum absolute atomic E-state index is 10.0. The molecule has 1 radical (unpaired) electrons. The molecule has 3 aromatic carbocycles. The van der Waals surface area contributed by atoms with Crippen LogP contribution in [0.15, 0.2) is 76.9 Å². The number of allylic oxidation sites excluding steroid dienone is 2. The zero-order valence-corrected chi connectivity index (χ0v) is 23.6. The molecule has 0 saturated carbocycles. The second-order valence-corrected chi connectivity index (χ2v) is 9.40. The zero-order chi connectivity index (χ0) is 25.1. The van der Waals surface area contributed by atoms with Crippen molar-refractivity contribution in [1.82, 2.24) is 4.98 Å². The fourth-order valence-electron chi connectivity index (χ4n) is 4.28. The van der Waals surface area contributed by atoms with Crippen LogP contribution in [0.5, 0.6) is 0 Å². The van der Waals surface area contributed by atoms with Gasteiger partial charge in [-0.15, -0.1) is 35.4 Å². The fourth-order valence-corrected chi connectivity index (χ4v) is 4.28. The van der Waals surface area contributed by atoms with Gasteiger partial charge in [-0.25, -0.2) is 0 Å². The number of fused-ring (bicyclic) bond motifs is 4. The average Bonchev–Trinajstić information content (AvgIpc) is 3.14. The molecule has 2 heterocycles. The molecule has 187 valence electrons. The minimum atomic E-state index is -0.125. The summed E-state index contributed by atoms with van der Waals surface area (Å²) in [5.74, 6) is 0.504. The minimum absolute atomic E-state index is 0. The predicted molar refractivity (Wildman–Crippen MR) is 144 cm³/mol. The third-order valence-electron chi connectivity index (χ3n) is 5.67. The normalized spacial score (nSPS) is 11.4. The van der Waals surface area contributed by atoms with Gasteiger partial charge in [0.25, 0.3) is 0 Å². The van der Waals surface area contributed by atoms with Crippen molar-refractivity contribution in [2.45, 2.75) is 41.0 Å². The van der Waals surface area contributed by atoms with Crippen LogP contribution in [-0.2, 0) is 31.3 Å². The SMILES string of the molecule is CC(=O)/C=C(/C)O.Cc1cc[c-]c(-c2cc(CC(C)C)c3cc4c(cc3n2)oc2ccccc24)c1.[Ir]. The van der Waals surface area contributed by atoms with Gasteiger partial charge < -0.3 is 9.52 Å². The minimum Gasteiger partial charge on any atom is -0.512 e. The van der Waals surface area contributed by atoms with Crippen LogP contribution in [0.25, 0.3) is 44.1 Å². The summed E-state index contributed by atoms with van der Waals surface area (Å²) >= 11 is 0. The second-order valence-electron chi connectivity index (χ2n) is 9.40. The molecule has 0 aliphatic carbocycles. The second kappa shape index (κ2) is 11.6. The first-order valence-corrected chi connectivity index (χ1v) is 11.8. The Morgan fingerprint density at radius 3 is 2.42 bits per heavy atom. The van der Waals surface area contributed by atoms with Crippen LogP contribution >= 0.6 is 0 Å². The molecule has 5 rings (SSSR count). The summed E-state index contributed by atoms with van der Waals surface area (Å²) in [5, 5.41) is 11.9. The number of para-hydroxylation sites is 1. The number of hydrogen-bond acceptors (Lipinski definition) is 4. The van der Waals surface area contributed by atoms with Crippen LogP contribution in [-0.4, -0.2) is 15.9 Å². The smallest absolute Gasteiger partial charge is 0.155 e. The maximum atomic E-state index is 10.0.